The number of ether oxygens (including phenoxy) is 1. The molecule has 1 aromatic rings. The van der Waals surface area contributed by atoms with Gasteiger partial charge in [0.15, 0.2) is 0 Å². The van der Waals surface area contributed by atoms with Gasteiger partial charge >= 0.3 is 0 Å². The molecule has 0 spiro atoms. The molecule has 1 aromatic carbocycles. The van der Waals surface area contributed by atoms with Crippen molar-refractivity contribution in [3.8, 4) is 0 Å². The lowest BCUT2D eigenvalue weighted by Gasteiger charge is -2.31. The molecule has 0 bridgehead atoms. The summed E-state index contributed by atoms with van der Waals surface area (Å²) in [6, 6.07) is 7.83. The van der Waals surface area contributed by atoms with Crippen molar-refractivity contribution in [2.24, 2.45) is 0 Å². The summed E-state index contributed by atoms with van der Waals surface area (Å²) in [5.74, 6) is 0.136. The highest BCUT2D eigenvalue weighted by molar-refractivity contribution is 7.98. The molecule has 3 nitrogen and oxygen atoms in total. The van der Waals surface area contributed by atoms with Crippen molar-refractivity contribution in [1.29, 1.82) is 0 Å². The van der Waals surface area contributed by atoms with Crippen LogP contribution in [-0.4, -0.2) is 43.4 Å². The van der Waals surface area contributed by atoms with Crippen molar-refractivity contribution < 1.29 is 9.53 Å². The van der Waals surface area contributed by atoms with E-state index < -0.39 is 0 Å². The molecule has 98 valence electrons. The van der Waals surface area contributed by atoms with Gasteiger partial charge in [-0.2, -0.15) is 0 Å². The first kappa shape index (κ1) is 13.4. The molecule has 2 rings (SSSR count). The number of piperidine rings is 1. The van der Waals surface area contributed by atoms with Gasteiger partial charge in [-0.3, -0.25) is 4.79 Å². The molecular weight excluding hydrogens is 246 g/mol. The van der Waals surface area contributed by atoms with Gasteiger partial charge in [0.2, 0.25) is 0 Å². The van der Waals surface area contributed by atoms with Crippen LogP contribution in [0.1, 0.15) is 23.2 Å². The van der Waals surface area contributed by atoms with Crippen molar-refractivity contribution in [2.75, 3.05) is 26.5 Å². The van der Waals surface area contributed by atoms with E-state index in [1.807, 2.05) is 35.4 Å². The number of benzene rings is 1. The molecule has 0 saturated carbocycles. The van der Waals surface area contributed by atoms with Crippen LogP contribution in [0, 0.1) is 0 Å². The number of hydrogen-bond acceptors (Lipinski definition) is 3. The lowest BCUT2D eigenvalue weighted by atomic mass is 10.1. The Hall–Kier alpha value is -1.00. The number of carbonyl (C=O) groups is 1. The van der Waals surface area contributed by atoms with Gasteiger partial charge < -0.3 is 9.64 Å². The summed E-state index contributed by atoms with van der Waals surface area (Å²) in [5, 5.41) is 0. The van der Waals surface area contributed by atoms with Crippen LogP contribution in [0.25, 0.3) is 0 Å². The Morgan fingerprint density at radius 2 is 1.89 bits per heavy atom. The summed E-state index contributed by atoms with van der Waals surface area (Å²) in [4.78, 5) is 15.4. The van der Waals surface area contributed by atoms with Crippen LogP contribution in [0.4, 0.5) is 0 Å². The summed E-state index contributed by atoms with van der Waals surface area (Å²) in [7, 11) is 1.74. The number of nitrogens with zero attached hydrogens (tertiary/aromatic N) is 1. The topological polar surface area (TPSA) is 29.5 Å². The van der Waals surface area contributed by atoms with Crippen molar-refractivity contribution in [1.82, 2.24) is 4.90 Å². The molecule has 0 aliphatic carbocycles. The Morgan fingerprint density at radius 3 is 2.39 bits per heavy atom. The number of amides is 1. The van der Waals surface area contributed by atoms with Gasteiger partial charge in [-0.25, -0.2) is 0 Å². The highest BCUT2D eigenvalue weighted by atomic mass is 32.2. The Labute approximate surface area is 113 Å². The fourth-order valence-electron chi connectivity index (χ4n) is 2.21. The molecule has 0 atom stereocenters. The zero-order valence-electron chi connectivity index (χ0n) is 10.9. The minimum atomic E-state index is 0.136. The van der Waals surface area contributed by atoms with Gasteiger partial charge in [0.1, 0.15) is 0 Å². The first-order chi connectivity index (χ1) is 8.74. The second-order valence-electron chi connectivity index (χ2n) is 4.46. The van der Waals surface area contributed by atoms with E-state index in [-0.39, 0.29) is 5.91 Å². The third kappa shape index (κ3) is 3.06. The normalized spacial score (nSPS) is 16.9. The molecule has 1 amide bonds. The van der Waals surface area contributed by atoms with Crippen molar-refractivity contribution in [3.63, 3.8) is 0 Å². The molecule has 18 heavy (non-hydrogen) atoms. The Bertz CT molecular complexity index is 397. The summed E-state index contributed by atoms with van der Waals surface area (Å²) >= 11 is 1.69. The monoisotopic (exact) mass is 265 g/mol. The van der Waals surface area contributed by atoms with Crippen LogP contribution in [0.3, 0.4) is 0 Å². The summed E-state index contributed by atoms with van der Waals surface area (Å²) in [5.41, 5.74) is 0.781. The Morgan fingerprint density at radius 1 is 1.28 bits per heavy atom. The second-order valence-corrected chi connectivity index (χ2v) is 5.34. The fraction of sp³-hybridized carbons (Fsp3) is 0.500. The van der Waals surface area contributed by atoms with E-state index in [9.17, 15) is 4.79 Å². The van der Waals surface area contributed by atoms with Crippen molar-refractivity contribution in [2.45, 2.75) is 23.8 Å². The average Bonchev–Trinajstić information content (AvgIpc) is 2.47. The molecule has 1 saturated heterocycles. The first-order valence-electron chi connectivity index (χ1n) is 6.20. The van der Waals surface area contributed by atoms with Crippen LogP contribution in [0.2, 0.25) is 0 Å². The quantitative estimate of drug-likeness (QED) is 0.787. The highest BCUT2D eigenvalue weighted by Gasteiger charge is 2.23. The van der Waals surface area contributed by atoms with Crippen molar-refractivity contribution in [3.05, 3.63) is 29.8 Å². The zero-order chi connectivity index (χ0) is 13.0. The van der Waals surface area contributed by atoms with Crippen LogP contribution < -0.4 is 0 Å². The molecule has 1 aliphatic rings. The maximum absolute atomic E-state index is 12.3. The van der Waals surface area contributed by atoms with Gasteiger partial charge in [-0.05, 0) is 43.4 Å². The second kappa shape index (κ2) is 6.25. The fourth-order valence-corrected chi connectivity index (χ4v) is 2.62. The summed E-state index contributed by atoms with van der Waals surface area (Å²) in [6.45, 7) is 1.59. The third-order valence-corrected chi connectivity index (χ3v) is 4.14. The summed E-state index contributed by atoms with van der Waals surface area (Å²) < 4.78 is 5.31. The average molecular weight is 265 g/mol. The first-order valence-corrected chi connectivity index (χ1v) is 7.43. The van der Waals surface area contributed by atoms with Gasteiger partial charge in [0.25, 0.3) is 5.91 Å². The Balaban J connectivity index is 1.98. The van der Waals surface area contributed by atoms with E-state index >= 15 is 0 Å². The van der Waals surface area contributed by atoms with E-state index in [1.54, 1.807) is 18.9 Å². The van der Waals surface area contributed by atoms with E-state index in [1.165, 1.54) is 4.90 Å². The molecule has 0 unspecified atom stereocenters. The maximum Gasteiger partial charge on any atom is 0.253 e. The lowest BCUT2D eigenvalue weighted by molar-refractivity contribution is 0.0351. The third-order valence-electron chi connectivity index (χ3n) is 3.40. The van der Waals surface area contributed by atoms with Gasteiger partial charge in [-0.15, -0.1) is 11.8 Å². The van der Waals surface area contributed by atoms with E-state index in [0.717, 1.165) is 31.5 Å². The van der Waals surface area contributed by atoms with Crippen LogP contribution >= 0.6 is 11.8 Å². The minimum Gasteiger partial charge on any atom is -0.381 e. The number of carbonyl (C=O) groups excluding carboxylic acids is 1. The van der Waals surface area contributed by atoms with Crippen LogP contribution in [0.5, 0.6) is 0 Å². The number of rotatable bonds is 3. The van der Waals surface area contributed by atoms with Crippen LogP contribution in [-0.2, 0) is 4.74 Å². The molecular formula is C14H19NO2S. The number of hydrogen-bond donors (Lipinski definition) is 0. The van der Waals surface area contributed by atoms with E-state index in [0.29, 0.717) is 6.10 Å². The van der Waals surface area contributed by atoms with Gasteiger partial charge in [-0.1, -0.05) is 0 Å². The predicted molar refractivity (Wildman–Crippen MR) is 74.2 cm³/mol. The predicted octanol–water partition coefficient (Wildman–Crippen LogP) is 2.66. The smallest absolute Gasteiger partial charge is 0.253 e. The largest absolute Gasteiger partial charge is 0.381 e. The molecule has 0 radical (unpaired) electrons. The SMILES string of the molecule is COC1CCN(C(=O)c2ccc(SC)cc2)CC1. The van der Waals surface area contributed by atoms with Gasteiger partial charge in [0.05, 0.1) is 6.10 Å². The number of likely N-dealkylation sites (tertiary alicyclic amines) is 1. The minimum absolute atomic E-state index is 0.136. The Kier molecular flexibility index (Phi) is 4.66. The zero-order valence-corrected chi connectivity index (χ0v) is 11.7. The van der Waals surface area contributed by atoms with E-state index in [4.69, 9.17) is 4.74 Å². The highest BCUT2D eigenvalue weighted by Crippen LogP contribution is 2.18. The molecule has 0 N–H and O–H groups in total. The molecule has 4 heteroatoms. The number of methoxy groups -OCH3 is 1. The molecule has 1 aliphatic heterocycles. The van der Waals surface area contributed by atoms with Crippen LogP contribution in [0.15, 0.2) is 29.2 Å². The summed E-state index contributed by atoms with van der Waals surface area (Å²) in [6.07, 6.45) is 4.22. The standard InChI is InChI=1S/C14H19NO2S/c1-17-12-7-9-15(10-8-12)14(16)11-3-5-13(18-2)6-4-11/h3-6,12H,7-10H2,1-2H3. The molecule has 1 fully saturated rings. The van der Waals surface area contributed by atoms with Gasteiger partial charge in [0, 0.05) is 30.7 Å². The molecule has 1 heterocycles. The maximum atomic E-state index is 12.3. The molecule has 0 aromatic heterocycles. The van der Waals surface area contributed by atoms with Crippen molar-refractivity contribution >= 4 is 17.7 Å². The lowest BCUT2D eigenvalue weighted by Crippen LogP contribution is -2.40. The van der Waals surface area contributed by atoms with E-state index in [2.05, 4.69) is 0 Å². The number of thioether (sulfide) groups is 1.